The topological polar surface area (TPSA) is 37.4 Å². The summed E-state index contributed by atoms with van der Waals surface area (Å²) in [5.74, 6) is -0.962. The molecule has 1 aliphatic rings. The predicted molar refractivity (Wildman–Crippen MR) is 71.5 cm³/mol. The Labute approximate surface area is 112 Å². The van der Waals surface area contributed by atoms with Gasteiger partial charge in [-0.2, -0.15) is 0 Å². The van der Waals surface area contributed by atoms with E-state index < -0.39 is 5.92 Å². The first-order chi connectivity index (χ1) is 9.04. The molecule has 1 amide bonds. The van der Waals surface area contributed by atoms with Crippen LogP contribution in [0.2, 0.25) is 0 Å². The van der Waals surface area contributed by atoms with E-state index in [9.17, 15) is 14.0 Å². The van der Waals surface area contributed by atoms with E-state index in [2.05, 4.69) is 0 Å². The second-order valence-electron chi connectivity index (χ2n) is 4.94. The summed E-state index contributed by atoms with van der Waals surface area (Å²) in [5.41, 5.74) is 1.19. The zero-order chi connectivity index (χ0) is 14.0. The summed E-state index contributed by atoms with van der Waals surface area (Å²) in [6.07, 6.45) is 1.81. The molecule has 0 spiro atoms. The van der Waals surface area contributed by atoms with Crippen molar-refractivity contribution in [2.45, 2.75) is 33.1 Å². The number of carbonyl (C=O) groups is 2. The monoisotopic (exact) mass is 263 g/mol. The summed E-state index contributed by atoms with van der Waals surface area (Å²) < 4.78 is 13.3. The Morgan fingerprint density at radius 1 is 1.47 bits per heavy atom. The smallest absolute Gasteiger partial charge is 0.237 e. The van der Waals surface area contributed by atoms with Crippen LogP contribution >= 0.6 is 0 Å². The van der Waals surface area contributed by atoms with Crippen LogP contribution in [0.15, 0.2) is 18.2 Å². The molecular formula is C15H18FNO2. The maximum absolute atomic E-state index is 13.3. The first kappa shape index (κ1) is 13.7. The largest absolute Gasteiger partial charge is 0.312 e. The minimum atomic E-state index is -0.524. The maximum Gasteiger partial charge on any atom is 0.237 e. The van der Waals surface area contributed by atoms with E-state index >= 15 is 0 Å². The Bertz CT molecular complexity index is 513. The third-order valence-electron chi connectivity index (χ3n) is 3.63. The number of piperidine rings is 1. The summed E-state index contributed by atoms with van der Waals surface area (Å²) >= 11 is 0. The van der Waals surface area contributed by atoms with Crippen molar-refractivity contribution in [3.8, 4) is 0 Å². The molecule has 1 saturated heterocycles. The lowest BCUT2D eigenvalue weighted by atomic mass is 9.91. The number of aryl methyl sites for hydroxylation is 1. The summed E-state index contributed by atoms with van der Waals surface area (Å²) in [4.78, 5) is 25.7. The molecule has 19 heavy (non-hydrogen) atoms. The van der Waals surface area contributed by atoms with Crippen LogP contribution in [-0.4, -0.2) is 18.2 Å². The van der Waals surface area contributed by atoms with Crippen LogP contribution in [0.25, 0.3) is 0 Å². The molecule has 0 radical (unpaired) electrons. The lowest BCUT2D eigenvalue weighted by Gasteiger charge is -2.31. The number of benzene rings is 1. The molecule has 3 nitrogen and oxygen atoms in total. The molecule has 1 aromatic rings. The van der Waals surface area contributed by atoms with Crippen LogP contribution in [0, 0.1) is 18.7 Å². The van der Waals surface area contributed by atoms with Crippen molar-refractivity contribution in [1.29, 1.82) is 0 Å². The molecule has 0 saturated carbocycles. The number of anilines is 1. The van der Waals surface area contributed by atoms with E-state index in [1.807, 2.05) is 0 Å². The molecule has 1 heterocycles. The SMILES string of the molecule is CCC(=O)[C@H]1CCCN(c2ccc(F)c(C)c2)C1=O. The average Bonchev–Trinajstić information content (AvgIpc) is 2.41. The van der Waals surface area contributed by atoms with Crippen LogP contribution < -0.4 is 4.90 Å². The maximum atomic E-state index is 13.3. The lowest BCUT2D eigenvalue weighted by Crippen LogP contribution is -2.44. The van der Waals surface area contributed by atoms with Crippen molar-refractivity contribution < 1.29 is 14.0 Å². The van der Waals surface area contributed by atoms with Crippen LogP contribution in [0.3, 0.4) is 0 Å². The number of nitrogens with zero attached hydrogens (tertiary/aromatic N) is 1. The summed E-state index contributed by atoms with van der Waals surface area (Å²) in [7, 11) is 0. The van der Waals surface area contributed by atoms with Gasteiger partial charge in [0.25, 0.3) is 0 Å². The second-order valence-corrected chi connectivity index (χ2v) is 4.94. The van der Waals surface area contributed by atoms with Gasteiger partial charge < -0.3 is 4.90 Å². The number of carbonyl (C=O) groups excluding carboxylic acids is 2. The molecule has 0 aromatic heterocycles. The zero-order valence-electron chi connectivity index (χ0n) is 11.3. The van der Waals surface area contributed by atoms with Crippen LogP contribution in [0.4, 0.5) is 10.1 Å². The zero-order valence-corrected chi connectivity index (χ0v) is 11.3. The Balaban J connectivity index is 2.26. The minimum Gasteiger partial charge on any atom is -0.312 e. The highest BCUT2D eigenvalue weighted by molar-refractivity contribution is 6.08. The molecule has 0 aliphatic carbocycles. The van der Waals surface area contributed by atoms with Crippen molar-refractivity contribution in [1.82, 2.24) is 0 Å². The number of hydrogen-bond donors (Lipinski definition) is 0. The Kier molecular flexibility index (Phi) is 3.98. The van der Waals surface area contributed by atoms with Gasteiger partial charge in [-0.05, 0) is 43.5 Å². The number of Topliss-reactive ketones (excluding diaryl/α,β-unsaturated/α-hetero) is 1. The van der Waals surface area contributed by atoms with Gasteiger partial charge in [0, 0.05) is 18.7 Å². The average molecular weight is 263 g/mol. The number of rotatable bonds is 3. The molecule has 1 aliphatic heterocycles. The molecule has 0 N–H and O–H groups in total. The van der Waals surface area contributed by atoms with E-state index in [1.165, 1.54) is 6.07 Å². The van der Waals surface area contributed by atoms with E-state index in [4.69, 9.17) is 0 Å². The van der Waals surface area contributed by atoms with Gasteiger partial charge in [0.15, 0.2) is 0 Å². The highest BCUT2D eigenvalue weighted by atomic mass is 19.1. The van der Waals surface area contributed by atoms with Crippen LogP contribution in [0.1, 0.15) is 31.7 Å². The van der Waals surface area contributed by atoms with Gasteiger partial charge >= 0.3 is 0 Å². The van der Waals surface area contributed by atoms with Gasteiger partial charge in [-0.15, -0.1) is 0 Å². The number of amides is 1. The molecular weight excluding hydrogens is 245 g/mol. The first-order valence-corrected chi connectivity index (χ1v) is 6.64. The highest BCUT2D eigenvalue weighted by Crippen LogP contribution is 2.26. The molecule has 2 rings (SSSR count). The summed E-state index contributed by atoms with van der Waals surface area (Å²) in [6, 6.07) is 4.62. The fraction of sp³-hybridized carbons (Fsp3) is 0.467. The van der Waals surface area contributed by atoms with Gasteiger partial charge in [-0.25, -0.2) is 4.39 Å². The predicted octanol–water partition coefficient (Wildman–Crippen LogP) is 2.86. The van der Waals surface area contributed by atoms with Gasteiger partial charge in [-0.3, -0.25) is 9.59 Å². The van der Waals surface area contributed by atoms with Gasteiger partial charge in [-0.1, -0.05) is 6.92 Å². The number of hydrogen-bond acceptors (Lipinski definition) is 2. The van der Waals surface area contributed by atoms with Crippen molar-refractivity contribution in [3.05, 3.63) is 29.6 Å². The minimum absolute atomic E-state index is 0.00599. The second kappa shape index (κ2) is 5.51. The van der Waals surface area contributed by atoms with Crippen LogP contribution in [0.5, 0.6) is 0 Å². The molecule has 0 unspecified atom stereocenters. The standard InChI is InChI=1S/C15H18FNO2/c1-3-14(18)12-5-4-8-17(15(12)19)11-6-7-13(16)10(2)9-11/h6-7,9,12H,3-5,8H2,1-2H3/t12-/m1/s1. The van der Waals surface area contributed by atoms with Gasteiger partial charge in [0.1, 0.15) is 11.6 Å². The summed E-state index contributed by atoms with van der Waals surface area (Å²) in [6.45, 7) is 4.04. The summed E-state index contributed by atoms with van der Waals surface area (Å²) in [5, 5.41) is 0. The third kappa shape index (κ3) is 2.67. The molecule has 1 aromatic carbocycles. The third-order valence-corrected chi connectivity index (χ3v) is 3.63. The molecule has 1 atom stereocenters. The molecule has 4 heteroatoms. The fourth-order valence-electron chi connectivity index (χ4n) is 2.47. The van der Waals surface area contributed by atoms with E-state index in [0.717, 1.165) is 6.42 Å². The van der Waals surface area contributed by atoms with E-state index in [1.54, 1.807) is 30.9 Å². The van der Waals surface area contributed by atoms with Gasteiger partial charge in [0.2, 0.25) is 5.91 Å². The lowest BCUT2D eigenvalue weighted by molar-refractivity contribution is -0.133. The Hall–Kier alpha value is -1.71. The van der Waals surface area contributed by atoms with Crippen molar-refractivity contribution in [2.75, 3.05) is 11.4 Å². The fourth-order valence-corrected chi connectivity index (χ4v) is 2.47. The Morgan fingerprint density at radius 2 is 2.21 bits per heavy atom. The van der Waals surface area contributed by atoms with Crippen molar-refractivity contribution in [2.24, 2.45) is 5.92 Å². The quantitative estimate of drug-likeness (QED) is 0.786. The normalized spacial score (nSPS) is 19.6. The molecule has 0 bridgehead atoms. The molecule has 102 valence electrons. The first-order valence-electron chi connectivity index (χ1n) is 6.64. The van der Waals surface area contributed by atoms with Gasteiger partial charge in [0.05, 0.1) is 5.92 Å². The van der Waals surface area contributed by atoms with Crippen molar-refractivity contribution in [3.63, 3.8) is 0 Å². The molecule has 1 fully saturated rings. The Morgan fingerprint density at radius 3 is 2.84 bits per heavy atom. The van der Waals surface area contributed by atoms with E-state index in [-0.39, 0.29) is 17.5 Å². The number of halogens is 1. The van der Waals surface area contributed by atoms with Crippen molar-refractivity contribution >= 4 is 17.4 Å². The number of ketones is 1. The van der Waals surface area contributed by atoms with Crippen LogP contribution in [-0.2, 0) is 9.59 Å². The van der Waals surface area contributed by atoms with E-state index in [0.29, 0.717) is 30.6 Å². The highest BCUT2D eigenvalue weighted by Gasteiger charge is 2.33.